The number of nitrogens with one attached hydrogen (secondary N) is 1. The molecular weight excluding hydrogens is 229 g/mol. The highest BCUT2D eigenvalue weighted by Crippen LogP contribution is 2.23. The number of carbonyl (C=O) groups excluding carboxylic acids is 1. The summed E-state index contributed by atoms with van der Waals surface area (Å²) in [5.41, 5.74) is 0. The van der Waals surface area contributed by atoms with Crippen LogP contribution < -0.4 is 9.61 Å². The zero-order valence-electron chi connectivity index (χ0n) is 9.10. The minimum absolute atomic E-state index is 0.477. The van der Waals surface area contributed by atoms with Gasteiger partial charge < -0.3 is 9.26 Å². The normalized spacial score (nSPS) is 13.9. The van der Waals surface area contributed by atoms with Crippen molar-refractivity contribution >= 4 is 14.1 Å². The van der Waals surface area contributed by atoms with Gasteiger partial charge in [0.25, 0.3) is 0 Å². The second-order valence-electron chi connectivity index (χ2n) is 3.09. The minimum Gasteiger partial charge on any atom is -0.468 e. The van der Waals surface area contributed by atoms with Gasteiger partial charge in [-0.1, -0.05) is 18.2 Å². The number of ether oxygens (including phenoxy) is 1. The first-order chi connectivity index (χ1) is 7.63. The molecule has 0 aromatic heterocycles. The molecule has 1 unspecified atom stereocenters. The molecule has 1 aromatic carbocycles. The van der Waals surface area contributed by atoms with Crippen molar-refractivity contribution in [1.29, 1.82) is 0 Å². The molecule has 1 rings (SSSR count). The SMILES string of the molecule is COC(=O)[C@H](C)N[PH](=O)Oc1ccccc1. The van der Waals surface area contributed by atoms with Crippen LogP contribution in [0.3, 0.4) is 0 Å². The van der Waals surface area contributed by atoms with E-state index in [9.17, 15) is 9.36 Å². The average molecular weight is 243 g/mol. The van der Waals surface area contributed by atoms with Gasteiger partial charge in [0.15, 0.2) is 0 Å². The number of esters is 1. The molecule has 0 saturated heterocycles. The van der Waals surface area contributed by atoms with E-state index in [0.29, 0.717) is 5.75 Å². The van der Waals surface area contributed by atoms with E-state index in [0.717, 1.165) is 0 Å². The maximum Gasteiger partial charge on any atom is 0.323 e. The van der Waals surface area contributed by atoms with Crippen LogP contribution in [0.1, 0.15) is 6.92 Å². The summed E-state index contributed by atoms with van der Waals surface area (Å²) >= 11 is 0. The quantitative estimate of drug-likeness (QED) is 0.628. The number of benzene rings is 1. The molecular formula is C10H14NO4P. The zero-order valence-corrected chi connectivity index (χ0v) is 10.1. The fourth-order valence-electron chi connectivity index (χ4n) is 1.04. The number of hydrogen-bond acceptors (Lipinski definition) is 4. The first-order valence-corrected chi connectivity index (χ1v) is 6.06. The summed E-state index contributed by atoms with van der Waals surface area (Å²) < 4.78 is 21.1. The Bertz CT molecular complexity index is 368. The highest BCUT2D eigenvalue weighted by Gasteiger charge is 2.15. The Hall–Kier alpha value is -1.32. The van der Waals surface area contributed by atoms with Crippen molar-refractivity contribution in [2.75, 3.05) is 7.11 Å². The molecule has 0 fully saturated rings. The van der Waals surface area contributed by atoms with Gasteiger partial charge in [-0.25, -0.2) is 5.09 Å². The highest BCUT2D eigenvalue weighted by atomic mass is 31.1. The third kappa shape index (κ3) is 4.04. The van der Waals surface area contributed by atoms with Crippen LogP contribution in [0, 0.1) is 0 Å². The number of methoxy groups -OCH3 is 1. The van der Waals surface area contributed by atoms with Gasteiger partial charge in [0.05, 0.1) is 7.11 Å². The Kier molecular flexibility index (Phi) is 5.02. The third-order valence-corrected chi connectivity index (χ3v) is 2.93. The van der Waals surface area contributed by atoms with E-state index in [-0.39, 0.29) is 0 Å². The smallest absolute Gasteiger partial charge is 0.323 e. The van der Waals surface area contributed by atoms with Crippen LogP contribution in [-0.4, -0.2) is 19.1 Å². The van der Waals surface area contributed by atoms with Crippen molar-refractivity contribution in [2.45, 2.75) is 13.0 Å². The van der Waals surface area contributed by atoms with Crippen molar-refractivity contribution in [1.82, 2.24) is 5.09 Å². The summed E-state index contributed by atoms with van der Waals surface area (Å²) in [4.78, 5) is 11.0. The van der Waals surface area contributed by atoms with Crippen molar-refractivity contribution < 1.29 is 18.6 Å². The average Bonchev–Trinajstić information content (AvgIpc) is 2.29. The molecule has 16 heavy (non-hydrogen) atoms. The molecule has 1 N–H and O–H groups in total. The molecule has 0 amide bonds. The number of carbonyl (C=O) groups is 1. The maximum atomic E-state index is 11.5. The van der Waals surface area contributed by atoms with Gasteiger partial charge in [-0.2, -0.15) is 0 Å². The first kappa shape index (κ1) is 12.7. The minimum atomic E-state index is -2.50. The fraction of sp³-hybridized carbons (Fsp3) is 0.300. The zero-order chi connectivity index (χ0) is 12.0. The van der Waals surface area contributed by atoms with Gasteiger partial charge in [-0.05, 0) is 19.1 Å². The van der Waals surface area contributed by atoms with Crippen LogP contribution in [0.25, 0.3) is 0 Å². The molecule has 0 spiro atoms. The summed E-state index contributed by atoms with van der Waals surface area (Å²) in [5.74, 6) is 0.0194. The van der Waals surface area contributed by atoms with E-state index >= 15 is 0 Å². The standard InChI is InChI=1S/C10H14NO4P/c1-8(10(12)14-2)11-16(13)15-9-6-4-3-5-7-9/h3-8,16H,1-2H3,(H,11,13)/t8-/m0/s1. The lowest BCUT2D eigenvalue weighted by Gasteiger charge is -2.11. The van der Waals surface area contributed by atoms with E-state index in [2.05, 4.69) is 9.82 Å². The van der Waals surface area contributed by atoms with Crippen LogP contribution in [-0.2, 0) is 14.1 Å². The lowest BCUT2D eigenvalue weighted by Crippen LogP contribution is -2.30. The topological polar surface area (TPSA) is 64.6 Å². The molecule has 2 atom stereocenters. The van der Waals surface area contributed by atoms with E-state index in [1.165, 1.54) is 7.11 Å². The summed E-state index contributed by atoms with van der Waals surface area (Å²) in [7, 11) is -1.22. The van der Waals surface area contributed by atoms with E-state index in [1.807, 2.05) is 6.07 Å². The molecule has 0 radical (unpaired) electrons. The summed E-state index contributed by atoms with van der Waals surface area (Å²) in [6, 6.07) is 8.09. The molecule has 0 heterocycles. The Labute approximate surface area is 94.7 Å². The van der Waals surface area contributed by atoms with Gasteiger partial charge in [0.2, 0.25) is 0 Å². The van der Waals surface area contributed by atoms with Crippen molar-refractivity contribution in [2.24, 2.45) is 0 Å². The molecule has 0 aliphatic rings. The van der Waals surface area contributed by atoms with E-state index < -0.39 is 20.2 Å². The molecule has 88 valence electrons. The lowest BCUT2D eigenvalue weighted by atomic mass is 10.3. The molecule has 5 nitrogen and oxygen atoms in total. The summed E-state index contributed by atoms with van der Waals surface area (Å²) in [5, 5.41) is 2.53. The Morgan fingerprint density at radius 3 is 2.56 bits per heavy atom. The lowest BCUT2D eigenvalue weighted by molar-refractivity contribution is -0.142. The number of para-hydroxylation sites is 1. The van der Waals surface area contributed by atoms with Crippen LogP contribution in [0.15, 0.2) is 30.3 Å². The van der Waals surface area contributed by atoms with Gasteiger partial charge in [-0.3, -0.25) is 9.36 Å². The van der Waals surface area contributed by atoms with E-state index in [4.69, 9.17) is 4.52 Å². The Balaban J connectivity index is 2.45. The number of rotatable bonds is 5. The second-order valence-corrected chi connectivity index (χ2v) is 4.16. The van der Waals surface area contributed by atoms with Crippen molar-refractivity contribution in [3.05, 3.63) is 30.3 Å². The largest absolute Gasteiger partial charge is 0.468 e. The van der Waals surface area contributed by atoms with E-state index in [1.54, 1.807) is 31.2 Å². The summed E-state index contributed by atoms with van der Waals surface area (Å²) in [6.07, 6.45) is 0. The maximum absolute atomic E-state index is 11.5. The van der Waals surface area contributed by atoms with Gasteiger partial charge in [0.1, 0.15) is 11.8 Å². The van der Waals surface area contributed by atoms with Crippen LogP contribution in [0.5, 0.6) is 5.75 Å². The van der Waals surface area contributed by atoms with Crippen molar-refractivity contribution in [3.63, 3.8) is 0 Å². The predicted octanol–water partition coefficient (Wildman–Crippen LogP) is 1.61. The highest BCUT2D eigenvalue weighted by molar-refractivity contribution is 7.37. The Morgan fingerprint density at radius 1 is 1.38 bits per heavy atom. The molecule has 1 aromatic rings. The molecule has 6 heteroatoms. The molecule has 0 bridgehead atoms. The summed E-state index contributed by atoms with van der Waals surface area (Å²) in [6.45, 7) is 1.56. The van der Waals surface area contributed by atoms with Crippen LogP contribution in [0.4, 0.5) is 0 Å². The molecule has 0 aliphatic carbocycles. The van der Waals surface area contributed by atoms with Crippen LogP contribution >= 0.6 is 8.18 Å². The Morgan fingerprint density at radius 2 is 2.00 bits per heavy atom. The second kappa shape index (κ2) is 6.30. The molecule has 0 saturated carbocycles. The van der Waals surface area contributed by atoms with Crippen LogP contribution in [0.2, 0.25) is 0 Å². The third-order valence-electron chi connectivity index (χ3n) is 1.84. The monoisotopic (exact) mass is 243 g/mol. The van der Waals surface area contributed by atoms with Gasteiger partial charge in [0, 0.05) is 0 Å². The molecule has 0 aliphatic heterocycles. The van der Waals surface area contributed by atoms with Gasteiger partial charge in [-0.15, -0.1) is 0 Å². The van der Waals surface area contributed by atoms with Crippen molar-refractivity contribution in [3.8, 4) is 5.75 Å². The fourth-order valence-corrected chi connectivity index (χ4v) is 1.92. The first-order valence-electron chi connectivity index (χ1n) is 4.74. The number of hydrogen-bond donors (Lipinski definition) is 1. The van der Waals surface area contributed by atoms with Gasteiger partial charge >= 0.3 is 14.1 Å². The predicted molar refractivity (Wildman–Crippen MR) is 60.7 cm³/mol.